The second-order valence-electron chi connectivity index (χ2n) is 6.88. The third-order valence-corrected chi connectivity index (χ3v) is 4.92. The largest absolute Gasteiger partial charge is 0.476 e. The van der Waals surface area contributed by atoms with Gasteiger partial charge in [-0.2, -0.15) is 5.10 Å². The average molecular weight is 383 g/mol. The Bertz CT molecular complexity index is 832. The van der Waals surface area contributed by atoms with E-state index in [1.807, 2.05) is 25.2 Å². The third kappa shape index (κ3) is 4.79. The molecule has 2 heterocycles. The molecule has 0 spiro atoms. The molecule has 1 aliphatic heterocycles. The van der Waals surface area contributed by atoms with Crippen LogP contribution in [0.15, 0.2) is 35.4 Å². The first-order valence-corrected chi connectivity index (χ1v) is 9.60. The monoisotopic (exact) mass is 383 g/mol. The summed E-state index contributed by atoms with van der Waals surface area (Å²) in [5.41, 5.74) is 5.75. The SMILES string of the molecule is CNCCOc1cc(N2CCOCC2)cc(/C(=N\N)c2ccc(C)c(C)c2)n1. The summed E-state index contributed by atoms with van der Waals surface area (Å²) in [6.45, 7) is 8.53. The summed E-state index contributed by atoms with van der Waals surface area (Å²) in [5.74, 6) is 6.36. The number of benzene rings is 1. The van der Waals surface area contributed by atoms with Crippen LogP contribution in [0.2, 0.25) is 0 Å². The van der Waals surface area contributed by atoms with Gasteiger partial charge in [0.05, 0.1) is 18.9 Å². The van der Waals surface area contributed by atoms with Crippen molar-refractivity contribution >= 4 is 11.4 Å². The molecule has 1 aromatic carbocycles. The third-order valence-electron chi connectivity index (χ3n) is 4.92. The van der Waals surface area contributed by atoms with E-state index in [1.54, 1.807) is 0 Å². The van der Waals surface area contributed by atoms with E-state index in [4.69, 9.17) is 15.3 Å². The molecule has 1 saturated heterocycles. The lowest BCUT2D eigenvalue weighted by atomic mass is 10.0. The molecule has 1 aromatic heterocycles. The predicted molar refractivity (Wildman–Crippen MR) is 112 cm³/mol. The van der Waals surface area contributed by atoms with Crippen LogP contribution >= 0.6 is 0 Å². The lowest BCUT2D eigenvalue weighted by molar-refractivity contribution is 0.122. The highest BCUT2D eigenvalue weighted by atomic mass is 16.5. The van der Waals surface area contributed by atoms with Gasteiger partial charge in [0, 0.05) is 37.0 Å². The molecule has 0 saturated carbocycles. The smallest absolute Gasteiger partial charge is 0.215 e. The van der Waals surface area contributed by atoms with E-state index in [9.17, 15) is 0 Å². The molecule has 1 aliphatic rings. The number of likely N-dealkylation sites (N-methyl/N-ethyl adjacent to an activating group) is 1. The Labute approximate surface area is 166 Å². The highest BCUT2D eigenvalue weighted by Gasteiger charge is 2.17. The minimum atomic E-state index is 0.536. The summed E-state index contributed by atoms with van der Waals surface area (Å²) in [7, 11) is 1.89. The molecule has 0 aliphatic carbocycles. The number of hydrogen-bond donors (Lipinski definition) is 2. The zero-order valence-corrected chi connectivity index (χ0v) is 16.9. The van der Waals surface area contributed by atoms with Crippen LogP contribution in [-0.4, -0.2) is 57.2 Å². The first kappa shape index (κ1) is 20.1. The highest BCUT2D eigenvalue weighted by Crippen LogP contribution is 2.24. The predicted octanol–water partition coefficient (Wildman–Crippen LogP) is 1.84. The van der Waals surface area contributed by atoms with Crippen molar-refractivity contribution in [2.24, 2.45) is 10.9 Å². The summed E-state index contributed by atoms with van der Waals surface area (Å²) in [6, 6.07) is 10.2. The van der Waals surface area contributed by atoms with Crippen LogP contribution in [-0.2, 0) is 4.74 Å². The fraction of sp³-hybridized carbons (Fsp3) is 0.429. The molecule has 3 rings (SSSR count). The molecule has 7 nitrogen and oxygen atoms in total. The number of rotatable bonds is 7. The van der Waals surface area contributed by atoms with Crippen LogP contribution in [0.1, 0.15) is 22.4 Å². The Kier molecular flexibility index (Phi) is 6.84. The number of aryl methyl sites for hydroxylation is 2. The maximum atomic E-state index is 5.86. The number of anilines is 1. The van der Waals surface area contributed by atoms with E-state index >= 15 is 0 Å². The molecule has 0 unspecified atom stereocenters. The summed E-state index contributed by atoms with van der Waals surface area (Å²) in [5, 5.41) is 7.14. The first-order chi connectivity index (χ1) is 13.6. The van der Waals surface area contributed by atoms with Crippen molar-refractivity contribution in [3.8, 4) is 5.88 Å². The molecule has 150 valence electrons. The van der Waals surface area contributed by atoms with E-state index in [-0.39, 0.29) is 0 Å². The topological polar surface area (TPSA) is 85.0 Å². The number of nitrogens with two attached hydrogens (primary N) is 1. The van der Waals surface area contributed by atoms with Crippen LogP contribution in [0, 0.1) is 13.8 Å². The number of hydrazone groups is 1. The summed E-state index contributed by atoms with van der Waals surface area (Å²) < 4.78 is 11.3. The number of pyridine rings is 1. The van der Waals surface area contributed by atoms with Crippen LogP contribution in [0.25, 0.3) is 0 Å². The Morgan fingerprint density at radius 3 is 2.68 bits per heavy atom. The normalized spacial score (nSPS) is 15.0. The van der Waals surface area contributed by atoms with Gasteiger partial charge >= 0.3 is 0 Å². The minimum absolute atomic E-state index is 0.536. The number of aromatic nitrogens is 1. The number of nitrogens with one attached hydrogen (secondary N) is 1. The molecule has 28 heavy (non-hydrogen) atoms. The van der Waals surface area contributed by atoms with E-state index in [0.29, 0.717) is 37.1 Å². The van der Waals surface area contributed by atoms with Crippen molar-refractivity contribution < 1.29 is 9.47 Å². The Morgan fingerprint density at radius 2 is 2.00 bits per heavy atom. The van der Waals surface area contributed by atoms with Gasteiger partial charge in [-0.25, -0.2) is 4.98 Å². The van der Waals surface area contributed by atoms with Crippen molar-refractivity contribution in [3.05, 3.63) is 52.7 Å². The summed E-state index contributed by atoms with van der Waals surface area (Å²) in [6.07, 6.45) is 0. The van der Waals surface area contributed by atoms with Crippen molar-refractivity contribution in [3.63, 3.8) is 0 Å². The van der Waals surface area contributed by atoms with E-state index in [0.717, 1.165) is 30.9 Å². The molecular formula is C21H29N5O2. The Balaban J connectivity index is 1.98. The van der Waals surface area contributed by atoms with E-state index < -0.39 is 0 Å². The van der Waals surface area contributed by atoms with Crippen molar-refractivity contribution in [1.82, 2.24) is 10.3 Å². The van der Waals surface area contributed by atoms with Crippen LogP contribution in [0.4, 0.5) is 5.69 Å². The van der Waals surface area contributed by atoms with Gasteiger partial charge in [-0.05, 0) is 44.2 Å². The number of ether oxygens (including phenoxy) is 2. The van der Waals surface area contributed by atoms with Crippen LogP contribution in [0.5, 0.6) is 5.88 Å². The summed E-state index contributed by atoms with van der Waals surface area (Å²) in [4.78, 5) is 6.95. The average Bonchev–Trinajstić information content (AvgIpc) is 2.72. The van der Waals surface area contributed by atoms with E-state index in [2.05, 4.69) is 46.3 Å². The molecular weight excluding hydrogens is 354 g/mol. The Morgan fingerprint density at radius 1 is 1.21 bits per heavy atom. The first-order valence-electron chi connectivity index (χ1n) is 9.60. The van der Waals surface area contributed by atoms with Gasteiger partial charge in [-0.1, -0.05) is 12.1 Å². The lowest BCUT2D eigenvalue weighted by Gasteiger charge is -2.29. The second kappa shape index (κ2) is 9.52. The van der Waals surface area contributed by atoms with Gasteiger partial charge in [0.15, 0.2) is 0 Å². The molecule has 0 bridgehead atoms. The number of nitrogens with zero attached hydrogens (tertiary/aromatic N) is 3. The molecule has 0 radical (unpaired) electrons. The minimum Gasteiger partial charge on any atom is -0.476 e. The Hall–Kier alpha value is -2.64. The van der Waals surface area contributed by atoms with E-state index in [1.165, 1.54) is 11.1 Å². The quantitative estimate of drug-likeness (QED) is 0.328. The maximum Gasteiger partial charge on any atom is 0.215 e. The van der Waals surface area contributed by atoms with Crippen LogP contribution < -0.4 is 20.8 Å². The maximum absolute atomic E-state index is 5.86. The van der Waals surface area contributed by atoms with Gasteiger partial charge in [-0.15, -0.1) is 0 Å². The summed E-state index contributed by atoms with van der Waals surface area (Å²) >= 11 is 0. The molecule has 7 heteroatoms. The lowest BCUT2D eigenvalue weighted by Crippen LogP contribution is -2.36. The van der Waals surface area contributed by atoms with Crippen molar-refractivity contribution in [2.45, 2.75) is 13.8 Å². The number of hydrogen-bond acceptors (Lipinski definition) is 7. The second-order valence-corrected chi connectivity index (χ2v) is 6.88. The van der Waals surface area contributed by atoms with Gasteiger partial charge < -0.3 is 25.5 Å². The van der Waals surface area contributed by atoms with Gasteiger partial charge in [-0.3, -0.25) is 0 Å². The molecule has 1 fully saturated rings. The zero-order chi connectivity index (χ0) is 19.9. The van der Waals surface area contributed by atoms with Gasteiger partial charge in [0.1, 0.15) is 12.3 Å². The van der Waals surface area contributed by atoms with Crippen molar-refractivity contribution in [2.75, 3.05) is 51.4 Å². The van der Waals surface area contributed by atoms with Crippen molar-refractivity contribution in [1.29, 1.82) is 0 Å². The molecule has 0 atom stereocenters. The highest BCUT2D eigenvalue weighted by molar-refractivity contribution is 6.12. The standard InChI is InChI=1S/C21H29N5O2/c1-15-4-5-17(12-16(15)2)21(25-22)19-13-18(26-7-10-27-11-8-26)14-20(24-19)28-9-6-23-3/h4-5,12-14,23H,6-11,22H2,1-3H3/b25-21-. The molecule has 0 amide bonds. The molecule has 3 N–H and O–H groups in total. The molecule has 2 aromatic rings. The zero-order valence-electron chi connectivity index (χ0n) is 16.9. The van der Waals surface area contributed by atoms with Crippen LogP contribution in [0.3, 0.4) is 0 Å². The fourth-order valence-corrected chi connectivity index (χ4v) is 3.13. The number of morpholine rings is 1. The fourth-order valence-electron chi connectivity index (χ4n) is 3.13. The van der Waals surface area contributed by atoms with Gasteiger partial charge in [0.25, 0.3) is 0 Å². The van der Waals surface area contributed by atoms with Gasteiger partial charge in [0.2, 0.25) is 5.88 Å².